The number of amides is 1. The lowest BCUT2D eigenvalue weighted by Gasteiger charge is -2.37. The van der Waals surface area contributed by atoms with Crippen LogP contribution in [-0.4, -0.2) is 60.5 Å². The van der Waals surface area contributed by atoms with Crippen LogP contribution in [0.1, 0.15) is 67.6 Å². The van der Waals surface area contributed by atoms with Gasteiger partial charge in [0.25, 0.3) is 5.91 Å². The van der Waals surface area contributed by atoms with Crippen molar-refractivity contribution < 1.29 is 32.2 Å². The van der Waals surface area contributed by atoms with E-state index >= 15 is 0 Å². The highest BCUT2D eigenvalue weighted by Gasteiger charge is 2.35. The summed E-state index contributed by atoms with van der Waals surface area (Å²) in [5, 5.41) is 3.19. The molecule has 0 saturated heterocycles. The third-order valence-electron chi connectivity index (χ3n) is 8.75. The molecule has 0 spiro atoms. The minimum Gasteiger partial charge on any atom is -0.496 e. The van der Waals surface area contributed by atoms with Gasteiger partial charge in [0.15, 0.2) is 17.6 Å². The second kappa shape index (κ2) is 13.7. The number of aromatic nitrogens is 3. The van der Waals surface area contributed by atoms with Gasteiger partial charge < -0.3 is 14.2 Å². The molecule has 0 aliphatic heterocycles. The van der Waals surface area contributed by atoms with E-state index < -0.39 is 28.0 Å². The molecule has 1 amide bonds. The maximum absolute atomic E-state index is 13.6. The van der Waals surface area contributed by atoms with E-state index in [9.17, 15) is 18.0 Å². The first-order valence-electron chi connectivity index (χ1n) is 15.8. The number of carbonyl (C=O) groups excluding carboxylic acids is 2. The van der Waals surface area contributed by atoms with Crippen molar-refractivity contribution in [3.8, 4) is 22.9 Å². The topological polar surface area (TPSA) is 145 Å². The molecule has 5 rings (SSSR count). The van der Waals surface area contributed by atoms with Crippen LogP contribution >= 0.6 is 0 Å². The Morgan fingerprint density at radius 2 is 1.77 bits per heavy atom. The van der Waals surface area contributed by atoms with Crippen molar-refractivity contribution in [3.05, 3.63) is 76.3 Å². The van der Waals surface area contributed by atoms with Crippen LogP contribution in [0.3, 0.4) is 0 Å². The van der Waals surface area contributed by atoms with Crippen LogP contribution in [0, 0.1) is 31.2 Å². The Labute approximate surface area is 280 Å². The molecule has 3 atom stereocenters. The van der Waals surface area contributed by atoms with Crippen molar-refractivity contribution in [1.82, 2.24) is 19.3 Å². The molecule has 2 N–H and O–H groups in total. The zero-order chi connectivity index (χ0) is 34.9. The summed E-state index contributed by atoms with van der Waals surface area (Å²) in [6, 6.07) is 11.1. The standard InChI is InChI=1S/C35H41N5O7S/c1-19-9-11-29(46-23(5)34(41)39-48(8,43)44)25(15-19)17-26-16-24(10-12-28(26)45-7)32-37-33-30(27(36-6)18-40(33)38-32)35(42)47-31-21(3)13-20(2)14-22(31)4/h9-12,15-16,18,20-23,31H,13-14,17H2,1-5,7-8H3,(H,37,38)(H,39,41). The van der Waals surface area contributed by atoms with Crippen molar-refractivity contribution in [3.63, 3.8) is 0 Å². The molecular weight excluding hydrogens is 634 g/mol. The molecule has 1 aliphatic carbocycles. The van der Waals surface area contributed by atoms with E-state index in [4.69, 9.17) is 25.8 Å². The number of ether oxygens (including phenoxy) is 3. The smallest absolute Gasteiger partial charge is 0.331 e. The third kappa shape index (κ3) is 7.49. The first-order chi connectivity index (χ1) is 22.7. The highest BCUT2D eigenvalue weighted by atomic mass is 32.2. The highest BCUT2D eigenvalue weighted by Crippen LogP contribution is 2.37. The average Bonchev–Trinajstić information content (AvgIpc) is 3.57. The minimum absolute atomic E-state index is 0.134. The fourth-order valence-corrected chi connectivity index (χ4v) is 7.21. The molecule has 2 heterocycles. The van der Waals surface area contributed by atoms with Gasteiger partial charge in [0, 0.05) is 18.2 Å². The number of H-pyrrole nitrogens is 1. The van der Waals surface area contributed by atoms with Crippen LogP contribution in [-0.2, 0) is 26.0 Å². The van der Waals surface area contributed by atoms with Crippen LogP contribution in [0.15, 0.2) is 42.6 Å². The van der Waals surface area contributed by atoms with Crippen LogP contribution in [0.2, 0.25) is 0 Å². The molecule has 1 fully saturated rings. The van der Waals surface area contributed by atoms with E-state index in [2.05, 4.69) is 30.7 Å². The molecule has 0 bridgehead atoms. The molecule has 1 aliphatic rings. The van der Waals surface area contributed by atoms with Crippen LogP contribution in [0.4, 0.5) is 5.69 Å². The minimum atomic E-state index is -3.74. The Morgan fingerprint density at radius 3 is 2.42 bits per heavy atom. The molecule has 12 nitrogen and oxygen atoms in total. The number of nitrogens with zero attached hydrogens (tertiary/aromatic N) is 3. The van der Waals surface area contributed by atoms with Crippen LogP contribution < -0.4 is 14.2 Å². The number of aryl methyl sites for hydroxylation is 1. The van der Waals surface area contributed by atoms with E-state index in [0.29, 0.717) is 40.9 Å². The lowest BCUT2D eigenvalue weighted by Crippen LogP contribution is -2.39. The Bertz CT molecular complexity index is 2000. The Morgan fingerprint density at radius 1 is 1.10 bits per heavy atom. The first-order valence-corrected chi connectivity index (χ1v) is 17.7. The van der Waals surface area contributed by atoms with E-state index in [1.807, 2.05) is 42.0 Å². The fourth-order valence-electron chi connectivity index (χ4n) is 6.68. The monoisotopic (exact) mass is 675 g/mol. The molecule has 4 aromatic rings. The van der Waals surface area contributed by atoms with Gasteiger partial charge in [-0.25, -0.2) is 23.0 Å². The van der Waals surface area contributed by atoms with Crippen molar-refractivity contribution in [2.24, 2.45) is 17.8 Å². The number of esters is 1. The molecule has 2 aromatic heterocycles. The van der Waals surface area contributed by atoms with E-state index in [1.165, 1.54) is 6.92 Å². The van der Waals surface area contributed by atoms with Gasteiger partial charge in [-0.15, -0.1) is 0 Å². The second-order valence-electron chi connectivity index (χ2n) is 13.0. The molecule has 3 unspecified atom stereocenters. The van der Waals surface area contributed by atoms with Gasteiger partial charge in [-0.1, -0.05) is 38.5 Å². The zero-order valence-electron chi connectivity index (χ0n) is 28.2. The summed E-state index contributed by atoms with van der Waals surface area (Å²) in [6.07, 6.45) is 3.44. The summed E-state index contributed by atoms with van der Waals surface area (Å²) in [5.74, 6) is 1.15. The summed E-state index contributed by atoms with van der Waals surface area (Å²) in [4.78, 5) is 34.3. The SMILES string of the molecule is [C-]#[N+]c1cn2[nH]c(-c3ccc(OC)c(Cc4cc(C)ccc4OC(C)C(=O)NS(C)(=O)=O)c3)nc2c1C(=O)OC1C(C)CC(C)CC1C. The summed E-state index contributed by atoms with van der Waals surface area (Å²) in [7, 11) is -2.17. The fraction of sp³-hybridized carbons (Fsp3) is 0.429. The summed E-state index contributed by atoms with van der Waals surface area (Å²) >= 11 is 0. The number of hydrogen-bond acceptors (Lipinski definition) is 8. The molecular formula is C35H41N5O7S. The summed E-state index contributed by atoms with van der Waals surface area (Å²) in [6.45, 7) is 17.5. The van der Waals surface area contributed by atoms with Crippen LogP contribution in [0.5, 0.6) is 11.5 Å². The van der Waals surface area contributed by atoms with E-state index in [-0.39, 0.29) is 29.2 Å². The van der Waals surface area contributed by atoms with Crippen LogP contribution in [0.25, 0.3) is 21.9 Å². The molecule has 13 heteroatoms. The normalized spacial score (nSPS) is 20.1. The van der Waals surface area contributed by atoms with Crippen molar-refractivity contribution in [2.75, 3.05) is 13.4 Å². The van der Waals surface area contributed by atoms with E-state index in [1.54, 1.807) is 23.9 Å². The summed E-state index contributed by atoms with van der Waals surface area (Å²) in [5.41, 5.74) is 3.81. The Kier molecular flexibility index (Phi) is 9.86. The van der Waals surface area contributed by atoms with Crippen molar-refractivity contribution in [1.29, 1.82) is 0 Å². The summed E-state index contributed by atoms with van der Waals surface area (Å²) < 4.78 is 44.3. The molecule has 48 heavy (non-hydrogen) atoms. The first kappa shape index (κ1) is 34.5. The number of sulfonamides is 1. The highest BCUT2D eigenvalue weighted by molar-refractivity contribution is 7.89. The van der Waals surface area contributed by atoms with Crippen molar-refractivity contribution in [2.45, 2.75) is 66.1 Å². The number of carbonyl (C=O) groups is 2. The van der Waals surface area contributed by atoms with Gasteiger partial charge >= 0.3 is 5.97 Å². The van der Waals surface area contributed by atoms with E-state index in [0.717, 1.165) is 35.8 Å². The number of rotatable bonds is 10. The van der Waals surface area contributed by atoms with Gasteiger partial charge in [0.2, 0.25) is 15.7 Å². The number of benzene rings is 2. The number of fused-ring (bicyclic) bond motifs is 1. The Balaban J connectivity index is 1.45. The third-order valence-corrected chi connectivity index (χ3v) is 9.32. The van der Waals surface area contributed by atoms with Gasteiger partial charge in [-0.05, 0) is 79.8 Å². The maximum Gasteiger partial charge on any atom is 0.331 e. The number of aromatic amines is 1. The molecule has 1 saturated carbocycles. The maximum atomic E-state index is 13.6. The molecule has 254 valence electrons. The van der Waals surface area contributed by atoms with Gasteiger partial charge in [0.05, 0.1) is 19.9 Å². The van der Waals surface area contributed by atoms with Gasteiger partial charge in [-0.3, -0.25) is 19.1 Å². The quantitative estimate of drug-likeness (QED) is 0.157. The predicted molar refractivity (Wildman–Crippen MR) is 181 cm³/mol. The number of hydrogen-bond donors (Lipinski definition) is 2. The van der Waals surface area contributed by atoms with Gasteiger partial charge in [0.1, 0.15) is 23.2 Å². The lowest BCUT2D eigenvalue weighted by molar-refractivity contribution is -0.125. The number of nitrogens with one attached hydrogen (secondary N) is 2. The molecule has 2 aromatic carbocycles. The van der Waals surface area contributed by atoms with Gasteiger partial charge in [-0.2, -0.15) is 0 Å². The lowest BCUT2D eigenvalue weighted by atomic mass is 9.75. The largest absolute Gasteiger partial charge is 0.496 e. The number of methoxy groups -OCH3 is 1. The Hall–Kier alpha value is -4.83. The predicted octanol–water partition coefficient (Wildman–Crippen LogP) is 5.86. The van der Waals surface area contributed by atoms with Crippen molar-refractivity contribution >= 4 is 33.2 Å². The zero-order valence-corrected chi connectivity index (χ0v) is 29.0. The average molecular weight is 676 g/mol. The molecule has 0 radical (unpaired) electrons. The second-order valence-corrected chi connectivity index (χ2v) is 14.7.